The van der Waals surface area contributed by atoms with Crippen molar-refractivity contribution >= 4 is 5.97 Å². The Hall–Kier alpha value is -0.570. The lowest BCUT2D eigenvalue weighted by molar-refractivity contribution is -0.152. The summed E-state index contributed by atoms with van der Waals surface area (Å²) in [6.45, 7) is 11.0. The normalized spacial score (nSPS) is 15.8. The van der Waals surface area contributed by atoms with Crippen molar-refractivity contribution in [3.8, 4) is 0 Å². The highest BCUT2D eigenvalue weighted by Crippen LogP contribution is 2.28. The summed E-state index contributed by atoms with van der Waals surface area (Å²) in [5, 5.41) is 9.10. The van der Waals surface area contributed by atoms with Crippen LogP contribution in [0.25, 0.3) is 0 Å². The van der Waals surface area contributed by atoms with Gasteiger partial charge >= 0.3 is 5.97 Å². The van der Waals surface area contributed by atoms with Gasteiger partial charge in [0.15, 0.2) is 0 Å². The molecule has 0 aromatic carbocycles. The summed E-state index contributed by atoms with van der Waals surface area (Å²) >= 11 is 0. The quantitative estimate of drug-likeness (QED) is 0.695. The molecule has 96 valence electrons. The molecule has 16 heavy (non-hydrogen) atoms. The average molecular weight is 230 g/mol. The lowest BCUT2D eigenvalue weighted by Crippen LogP contribution is -2.34. The molecule has 0 bridgehead atoms. The number of hydrogen-bond acceptors (Lipinski definition) is 2. The van der Waals surface area contributed by atoms with E-state index in [1.165, 1.54) is 0 Å². The second kappa shape index (κ2) is 6.24. The SMILES string of the molecule is CCC(C)(CC)COCC(C)(CC)C(=O)O. The number of carbonyl (C=O) groups is 1. The fraction of sp³-hybridized carbons (Fsp3) is 0.923. The Morgan fingerprint density at radius 3 is 1.88 bits per heavy atom. The lowest BCUT2D eigenvalue weighted by atomic mass is 9.85. The van der Waals surface area contributed by atoms with Gasteiger partial charge in [-0.2, -0.15) is 0 Å². The van der Waals surface area contributed by atoms with Crippen molar-refractivity contribution in [3.05, 3.63) is 0 Å². The maximum atomic E-state index is 11.1. The van der Waals surface area contributed by atoms with Crippen LogP contribution in [0.2, 0.25) is 0 Å². The Morgan fingerprint density at radius 1 is 1.06 bits per heavy atom. The molecule has 3 nitrogen and oxygen atoms in total. The summed E-state index contributed by atoms with van der Waals surface area (Å²) in [7, 11) is 0. The van der Waals surface area contributed by atoms with E-state index in [0.717, 1.165) is 12.8 Å². The van der Waals surface area contributed by atoms with Crippen LogP contribution in [0.3, 0.4) is 0 Å². The molecule has 0 aromatic rings. The van der Waals surface area contributed by atoms with E-state index in [0.29, 0.717) is 19.6 Å². The topological polar surface area (TPSA) is 46.5 Å². The van der Waals surface area contributed by atoms with E-state index in [9.17, 15) is 4.79 Å². The largest absolute Gasteiger partial charge is 0.481 e. The average Bonchev–Trinajstić information content (AvgIpc) is 2.28. The van der Waals surface area contributed by atoms with E-state index in [2.05, 4.69) is 20.8 Å². The first-order valence-electron chi connectivity index (χ1n) is 6.14. The number of ether oxygens (including phenoxy) is 1. The molecule has 1 atom stereocenters. The van der Waals surface area contributed by atoms with E-state index in [4.69, 9.17) is 9.84 Å². The zero-order valence-electron chi connectivity index (χ0n) is 11.3. The fourth-order valence-corrected chi connectivity index (χ4v) is 1.29. The highest BCUT2D eigenvalue weighted by molar-refractivity contribution is 5.74. The number of carboxylic acid groups (broad SMARTS) is 1. The van der Waals surface area contributed by atoms with Gasteiger partial charge in [-0.3, -0.25) is 4.79 Å². The molecule has 0 saturated heterocycles. The van der Waals surface area contributed by atoms with Crippen molar-refractivity contribution in [2.45, 2.75) is 53.9 Å². The molecule has 0 heterocycles. The van der Waals surface area contributed by atoms with Crippen LogP contribution in [0.4, 0.5) is 0 Å². The molecule has 1 N–H and O–H groups in total. The third-order valence-electron chi connectivity index (χ3n) is 3.87. The van der Waals surface area contributed by atoms with Gasteiger partial charge in [-0.05, 0) is 31.6 Å². The van der Waals surface area contributed by atoms with Crippen LogP contribution in [0.15, 0.2) is 0 Å². The Kier molecular flexibility index (Phi) is 6.01. The number of carboxylic acids is 1. The summed E-state index contributed by atoms with van der Waals surface area (Å²) < 4.78 is 5.62. The molecule has 3 heteroatoms. The first-order valence-corrected chi connectivity index (χ1v) is 6.14. The molecule has 0 aromatic heterocycles. The third kappa shape index (κ3) is 4.12. The van der Waals surface area contributed by atoms with Gasteiger partial charge in [-0.25, -0.2) is 0 Å². The predicted octanol–water partition coefficient (Wildman–Crippen LogP) is 3.33. The molecule has 0 spiro atoms. The second-order valence-corrected chi connectivity index (χ2v) is 5.23. The summed E-state index contributed by atoms with van der Waals surface area (Å²) in [6, 6.07) is 0. The summed E-state index contributed by atoms with van der Waals surface area (Å²) in [5.41, 5.74) is -0.574. The van der Waals surface area contributed by atoms with Crippen LogP contribution in [0.1, 0.15) is 53.9 Å². The van der Waals surface area contributed by atoms with E-state index < -0.39 is 11.4 Å². The summed E-state index contributed by atoms with van der Waals surface area (Å²) in [4.78, 5) is 11.1. The molecule has 0 aliphatic heterocycles. The molecule has 0 aliphatic rings. The molecule has 0 saturated carbocycles. The number of rotatable bonds is 8. The molecule has 0 aliphatic carbocycles. The van der Waals surface area contributed by atoms with Crippen molar-refractivity contribution in [1.82, 2.24) is 0 Å². The maximum absolute atomic E-state index is 11.1. The van der Waals surface area contributed by atoms with Crippen molar-refractivity contribution in [3.63, 3.8) is 0 Å². The summed E-state index contributed by atoms with van der Waals surface area (Å²) in [6.07, 6.45) is 2.70. The van der Waals surface area contributed by atoms with Gasteiger partial charge in [0.05, 0.1) is 18.6 Å². The smallest absolute Gasteiger partial charge is 0.311 e. The molecule has 0 radical (unpaired) electrons. The van der Waals surface area contributed by atoms with Crippen LogP contribution in [-0.2, 0) is 9.53 Å². The van der Waals surface area contributed by atoms with E-state index in [-0.39, 0.29) is 5.41 Å². The molecular weight excluding hydrogens is 204 g/mol. The van der Waals surface area contributed by atoms with Crippen LogP contribution in [0.5, 0.6) is 0 Å². The first kappa shape index (κ1) is 15.4. The highest BCUT2D eigenvalue weighted by Gasteiger charge is 2.32. The maximum Gasteiger partial charge on any atom is 0.311 e. The van der Waals surface area contributed by atoms with Gasteiger partial charge < -0.3 is 9.84 Å². The predicted molar refractivity (Wildman–Crippen MR) is 65.5 cm³/mol. The minimum absolute atomic E-state index is 0.174. The fourth-order valence-electron chi connectivity index (χ4n) is 1.29. The molecule has 0 fully saturated rings. The highest BCUT2D eigenvalue weighted by atomic mass is 16.5. The van der Waals surface area contributed by atoms with Crippen molar-refractivity contribution < 1.29 is 14.6 Å². The van der Waals surface area contributed by atoms with Crippen LogP contribution in [0, 0.1) is 10.8 Å². The van der Waals surface area contributed by atoms with Gasteiger partial charge in [0.25, 0.3) is 0 Å². The number of aliphatic carboxylic acids is 1. The Labute approximate surface area is 99.2 Å². The van der Waals surface area contributed by atoms with Crippen LogP contribution < -0.4 is 0 Å². The second-order valence-electron chi connectivity index (χ2n) is 5.23. The minimum atomic E-state index is -0.773. The molecule has 0 rings (SSSR count). The minimum Gasteiger partial charge on any atom is -0.481 e. The molecular formula is C13H26O3. The molecule has 0 amide bonds. The third-order valence-corrected chi connectivity index (χ3v) is 3.87. The molecule has 1 unspecified atom stereocenters. The van der Waals surface area contributed by atoms with Gasteiger partial charge in [-0.1, -0.05) is 27.7 Å². The van der Waals surface area contributed by atoms with E-state index in [1.54, 1.807) is 6.92 Å². The first-order chi connectivity index (χ1) is 7.33. The van der Waals surface area contributed by atoms with Crippen molar-refractivity contribution in [2.75, 3.05) is 13.2 Å². The van der Waals surface area contributed by atoms with Crippen LogP contribution >= 0.6 is 0 Å². The number of hydrogen-bond donors (Lipinski definition) is 1. The Balaban J connectivity index is 4.20. The van der Waals surface area contributed by atoms with Crippen molar-refractivity contribution in [2.24, 2.45) is 10.8 Å². The zero-order valence-corrected chi connectivity index (χ0v) is 11.3. The van der Waals surface area contributed by atoms with Gasteiger partial charge in [-0.15, -0.1) is 0 Å². The van der Waals surface area contributed by atoms with Gasteiger partial charge in [0.1, 0.15) is 0 Å². The van der Waals surface area contributed by atoms with Crippen molar-refractivity contribution in [1.29, 1.82) is 0 Å². The monoisotopic (exact) mass is 230 g/mol. The Morgan fingerprint density at radius 2 is 1.56 bits per heavy atom. The lowest BCUT2D eigenvalue weighted by Gasteiger charge is -2.29. The zero-order chi connectivity index (χ0) is 12.8. The van der Waals surface area contributed by atoms with Crippen LogP contribution in [-0.4, -0.2) is 24.3 Å². The Bertz CT molecular complexity index is 221. The van der Waals surface area contributed by atoms with E-state index in [1.807, 2.05) is 6.92 Å². The van der Waals surface area contributed by atoms with Gasteiger partial charge in [0.2, 0.25) is 0 Å². The summed E-state index contributed by atoms with van der Waals surface area (Å²) in [5.74, 6) is -0.773. The van der Waals surface area contributed by atoms with Gasteiger partial charge in [0, 0.05) is 0 Å². The standard InChI is InChI=1S/C13H26O3/c1-6-12(4,7-2)9-16-10-13(5,8-3)11(14)15/h6-10H2,1-5H3,(H,14,15). The van der Waals surface area contributed by atoms with E-state index >= 15 is 0 Å².